The quantitative estimate of drug-likeness (QED) is 0.846. The Bertz CT molecular complexity index is 500. The van der Waals surface area contributed by atoms with Gasteiger partial charge in [-0.05, 0) is 24.6 Å². The average Bonchev–Trinajstić information content (AvgIpc) is 2.21. The van der Waals surface area contributed by atoms with E-state index in [9.17, 15) is 8.42 Å². The van der Waals surface area contributed by atoms with E-state index in [2.05, 4.69) is 0 Å². The van der Waals surface area contributed by atoms with E-state index in [1.54, 1.807) is 19.9 Å². The number of hydrogen-bond donors (Lipinski definition) is 1. The van der Waals surface area contributed by atoms with Gasteiger partial charge in [0.15, 0.2) is 0 Å². The maximum Gasteiger partial charge on any atom is 0.244 e. The minimum absolute atomic E-state index is 0.0571. The molecule has 0 unspecified atom stereocenters. The fourth-order valence-electron chi connectivity index (χ4n) is 1.20. The second-order valence-corrected chi connectivity index (χ2v) is 5.98. The minimum atomic E-state index is -3.54. The van der Waals surface area contributed by atoms with Crippen LogP contribution in [-0.4, -0.2) is 26.3 Å². The summed E-state index contributed by atoms with van der Waals surface area (Å²) >= 11 is 5.93. The van der Waals surface area contributed by atoms with Gasteiger partial charge in [-0.3, -0.25) is 0 Å². The van der Waals surface area contributed by atoms with Gasteiger partial charge in [-0.15, -0.1) is 0 Å². The van der Waals surface area contributed by atoms with Crippen molar-refractivity contribution >= 4 is 27.3 Å². The van der Waals surface area contributed by atoms with Gasteiger partial charge in [0.05, 0.1) is 5.02 Å². The lowest BCUT2D eigenvalue weighted by Gasteiger charge is -2.16. The molecule has 0 heterocycles. The molecular weight excluding hydrogens is 248 g/mol. The highest BCUT2D eigenvalue weighted by atomic mass is 35.5. The molecule has 2 N–H and O–H groups in total. The van der Waals surface area contributed by atoms with Crippen LogP contribution < -0.4 is 5.73 Å². The SMILES string of the molecule is CCN(C)S(=O)(=O)c1cc(N)c(C)cc1Cl. The fraction of sp³-hybridized carbons (Fsp3) is 0.400. The van der Waals surface area contributed by atoms with E-state index in [1.807, 2.05) is 0 Å². The Morgan fingerprint density at radius 1 is 1.44 bits per heavy atom. The van der Waals surface area contributed by atoms with Crippen molar-refractivity contribution in [3.8, 4) is 0 Å². The van der Waals surface area contributed by atoms with Gasteiger partial charge in [0.1, 0.15) is 4.90 Å². The predicted molar refractivity (Wildman–Crippen MR) is 66.1 cm³/mol. The molecule has 0 saturated heterocycles. The zero-order valence-electron chi connectivity index (χ0n) is 9.49. The molecule has 0 aliphatic carbocycles. The van der Waals surface area contributed by atoms with E-state index in [0.717, 1.165) is 5.56 Å². The van der Waals surface area contributed by atoms with Crippen molar-refractivity contribution in [3.63, 3.8) is 0 Å². The van der Waals surface area contributed by atoms with Crippen LogP contribution in [0, 0.1) is 6.92 Å². The van der Waals surface area contributed by atoms with E-state index in [-0.39, 0.29) is 9.92 Å². The van der Waals surface area contributed by atoms with Gasteiger partial charge >= 0.3 is 0 Å². The molecule has 0 bridgehead atoms. The number of nitrogens with zero attached hydrogens (tertiary/aromatic N) is 1. The number of halogens is 1. The van der Waals surface area contributed by atoms with Crippen molar-refractivity contribution in [2.24, 2.45) is 0 Å². The van der Waals surface area contributed by atoms with Crippen molar-refractivity contribution in [2.75, 3.05) is 19.3 Å². The summed E-state index contributed by atoms with van der Waals surface area (Å²) in [5.41, 5.74) is 6.88. The largest absolute Gasteiger partial charge is 0.398 e. The van der Waals surface area contributed by atoms with Crippen LogP contribution in [0.5, 0.6) is 0 Å². The maximum absolute atomic E-state index is 12.0. The Labute approximate surface area is 101 Å². The van der Waals surface area contributed by atoms with E-state index >= 15 is 0 Å². The summed E-state index contributed by atoms with van der Waals surface area (Å²) in [6.45, 7) is 3.91. The zero-order valence-corrected chi connectivity index (χ0v) is 11.1. The lowest BCUT2D eigenvalue weighted by atomic mass is 10.2. The topological polar surface area (TPSA) is 63.4 Å². The predicted octanol–water partition coefficient (Wildman–Crippen LogP) is 1.87. The molecule has 1 aromatic rings. The highest BCUT2D eigenvalue weighted by Gasteiger charge is 2.23. The summed E-state index contributed by atoms with van der Waals surface area (Å²) in [6, 6.07) is 2.96. The molecule has 16 heavy (non-hydrogen) atoms. The third kappa shape index (κ3) is 2.31. The number of sulfonamides is 1. The van der Waals surface area contributed by atoms with Crippen LogP contribution in [0.1, 0.15) is 12.5 Å². The number of nitrogens with two attached hydrogens (primary N) is 1. The molecule has 0 amide bonds. The van der Waals surface area contributed by atoms with E-state index < -0.39 is 10.0 Å². The molecule has 4 nitrogen and oxygen atoms in total. The summed E-state index contributed by atoms with van der Waals surface area (Å²) in [4.78, 5) is 0.0571. The second-order valence-electron chi connectivity index (χ2n) is 3.56. The molecule has 1 aromatic carbocycles. The van der Waals surface area contributed by atoms with Crippen molar-refractivity contribution < 1.29 is 8.42 Å². The normalized spacial score (nSPS) is 12.1. The molecule has 0 fully saturated rings. The molecular formula is C10H15ClN2O2S. The molecule has 0 spiro atoms. The highest BCUT2D eigenvalue weighted by molar-refractivity contribution is 7.89. The third-order valence-electron chi connectivity index (χ3n) is 2.45. The van der Waals surface area contributed by atoms with Gasteiger partial charge in [-0.1, -0.05) is 18.5 Å². The van der Waals surface area contributed by atoms with Crippen LogP contribution in [0.25, 0.3) is 0 Å². The number of benzene rings is 1. The molecule has 0 radical (unpaired) electrons. The van der Waals surface area contributed by atoms with Gasteiger partial charge < -0.3 is 5.73 Å². The third-order valence-corrected chi connectivity index (χ3v) is 4.85. The van der Waals surface area contributed by atoms with Crippen molar-refractivity contribution in [1.29, 1.82) is 0 Å². The first-order valence-electron chi connectivity index (χ1n) is 4.82. The van der Waals surface area contributed by atoms with E-state index in [1.165, 1.54) is 17.4 Å². The minimum Gasteiger partial charge on any atom is -0.398 e. The number of nitrogen functional groups attached to an aromatic ring is 1. The molecule has 1 rings (SSSR count). The van der Waals surface area contributed by atoms with Crippen molar-refractivity contribution in [3.05, 3.63) is 22.7 Å². The van der Waals surface area contributed by atoms with Crippen LogP contribution in [0.15, 0.2) is 17.0 Å². The first-order valence-corrected chi connectivity index (χ1v) is 6.64. The highest BCUT2D eigenvalue weighted by Crippen LogP contribution is 2.28. The molecule has 6 heteroatoms. The standard InChI is InChI=1S/C10H15ClN2O2S/c1-4-13(3)16(14,15)10-6-9(12)7(2)5-8(10)11/h5-6H,4,12H2,1-3H3. The first-order chi connectivity index (χ1) is 7.30. The molecule has 0 aliphatic heterocycles. The van der Waals surface area contributed by atoms with Gasteiger partial charge in [-0.25, -0.2) is 12.7 Å². The van der Waals surface area contributed by atoms with Crippen molar-refractivity contribution in [1.82, 2.24) is 4.31 Å². The smallest absolute Gasteiger partial charge is 0.244 e. The fourth-order valence-corrected chi connectivity index (χ4v) is 2.97. The van der Waals surface area contributed by atoms with Crippen LogP contribution in [0.4, 0.5) is 5.69 Å². The van der Waals surface area contributed by atoms with Crippen molar-refractivity contribution in [2.45, 2.75) is 18.7 Å². The Morgan fingerprint density at radius 2 is 2.00 bits per heavy atom. The summed E-state index contributed by atoms with van der Waals surface area (Å²) in [5.74, 6) is 0. The zero-order chi connectivity index (χ0) is 12.5. The van der Waals surface area contributed by atoms with E-state index in [0.29, 0.717) is 12.2 Å². The summed E-state index contributed by atoms with van der Waals surface area (Å²) in [7, 11) is -2.04. The average molecular weight is 263 g/mol. The van der Waals surface area contributed by atoms with Crippen LogP contribution >= 0.6 is 11.6 Å². The molecule has 0 atom stereocenters. The Kier molecular flexibility index (Phi) is 3.83. The van der Waals surface area contributed by atoms with Gasteiger partial charge in [-0.2, -0.15) is 0 Å². The summed E-state index contributed by atoms with van der Waals surface area (Å²) < 4.78 is 25.3. The molecule has 0 aromatic heterocycles. The second kappa shape index (κ2) is 4.61. The van der Waals surface area contributed by atoms with Gasteiger partial charge in [0.2, 0.25) is 10.0 Å². The first kappa shape index (κ1) is 13.3. The molecule has 90 valence electrons. The van der Waals surface area contributed by atoms with E-state index in [4.69, 9.17) is 17.3 Å². The number of rotatable bonds is 3. The lowest BCUT2D eigenvalue weighted by molar-refractivity contribution is 0.486. The summed E-state index contributed by atoms with van der Waals surface area (Å²) in [6.07, 6.45) is 0. The Morgan fingerprint density at radius 3 is 2.50 bits per heavy atom. The van der Waals surface area contributed by atoms with Crippen LogP contribution in [0.3, 0.4) is 0 Å². The van der Waals surface area contributed by atoms with Gasteiger partial charge in [0.25, 0.3) is 0 Å². The summed E-state index contributed by atoms with van der Waals surface area (Å²) in [5, 5.41) is 0.201. The number of hydrogen-bond acceptors (Lipinski definition) is 3. The maximum atomic E-state index is 12.0. The lowest BCUT2D eigenvalue weighted by Crippen LogP contribution is -2.26. The number of anilines is 1. The van der Waals surface area contributed by atoms with Crippen LogP contribution in [0.2, 0.25) is 5.02 Å². The Hall–Kier alpha value is -0.780. The number of aryl methyl sites for hydroxylation is 1. The monoisotopic (exact) mass is 262 g/mol. The van der Waals surface area contributed by atoms with Gasteiger partial charge in [0, 0.05) is 19.3 Å². The van der Waals surface area contributed by atoms with Crippen LogP contribution in [-0.2, 0) is 10.0 Å². The Balaban J connectivity index is 3.40. The molecule has 0 saturated carbocycles. The molecule has 0 aliphatic rings.